The normalized spacial score (nSPS) is 11.4. The molecular weight excluding hydrogens is 394 g/mol. The molecule has 6 nitrogen and oxygen atoms in total. The SMILES string of the molecule is C/C=C/COc1cc(C)c(OCCOCc2ccc(COCC=NOC)cc2)c(C)c1. The summed E-state index contributed by atoms with van der Waals surface area (Å²) in [5.74, 6) is 1.75. The average molecular weight is 428 g/mol. The van der Waals surface area contributed by atoms with Crippen LogP contribution >= 0.6 is 0 Å². The van der Waals surface area contributed by atoms with Crippen LogP contribution in [0.3, 0.4) is 0 Å². The number of aryl methyl sites for hydroxylation is 2. The Morgan fingerprint density at radius 3 is 2.10 bits per heavy atom. The van der Waals surface area contributed by atoms with Crippen molar-refractivity contribution >= 4 is 6.21 Å². The Balaban J connectivity index is 1.69. The Morgan fingerprint density at radius 1 is 0.839 bits per heavy atom. The van der Waals surface area contributed by atoms with Crippen LogP contribution in [0.25, 0.3) is 0 Å². The van der Waals surface area contributed by atoms with E-state index in [9.17, 15) is 0 Å². The van der Waals surface area contributed by atoms with Crippen molar-refractivity contribution in [2.75, 3.05) is 33.5 Å². The van der Waals surface area contributed by atoms with Crippen molar-refractivity contribution < 1.29 is 23.8 Å². The highest BCUT2D eigenvalue weighted by Crippen LogP contribution is 2.28. The van der Waals surface area contributed by atoms with E-state index in [1.165, 1.54) is 7.11 Å². The Labute approximate surface area is 185 Å². The van der Waals surface area contributed by atoms with Crippen molar-refractivity contribution in [2.45, 2.75) is 34.0 Å². The lowest BCUT2D eigenvalue weighted by Crippen LogP contribution is -2.08. The van der Waals surface area contributed by atoms with Crippen molar-refractivity contribution in [3.63, 3.8) is 0 Å². The Kier molecular flexibility index (Phi) is 11.2. The average Bonchev–Trinajstić information content (AvgIpc) is 2.76. The first-order valence-electron chi connectivity index (χ1n) is 10.4. The van der Waals surface area contributed by atoms with E-state index in [-0.39, 0.29) is 0 Å². The van der Waals surface area contributed by atoms with E-state index in [2.05, 4.69) is 9.99 Å². The zero-order valence-corrected chi connectivity index (χ0v) is 18.9. The monoisotopic (exact) mass is 427 g/mol. The van der Waals surface area contributed by atoms with E-state index in [0.717, 1.165) is 33.8 Å². The molecule has 0 saturated heterocycles. The van der Waals surface area contributed by atoms with Gasteiger partial charge >= 0.3 is 0 Å². The van der Waals surface area contributed by atoms with Crippen LogP contribution in [0.15, 0.2) is 53.7 Å². The number of allylic oxidation sites excluding steroid dienone is 1. The van der Waals surface area contributed by atoms with Gasteiger partial charge in [-0.3, -0.25) is 0 Å². The molecule has 0 spiro atoms. The Hall–Kier alpha value is -2.83. The zero-order valence-electron chi connectivity index (χ0n) is 18.9. The third-order valence-electron chi connectivity index (χ3n) is 4.42. The summed E-state index contributed by atoms with van der Waals surface area (Å²) < 4.78 is 22.9. The standard InChI is InChI=1S/C25H33NO5/c1-5-6-12-30-24-16-20(2)25(21(3)17-24)31-15-14-29-19-23-9-7-22(8-10-23)18-28-13-11-26-27-4/h5-11,16-17H,12-15,18-19H2,1-4H3/b6-5+,26-11?. The number of nitrogens with zero attached hydrogens (tertiary/aromatic N) is 1. The van der Waals surface area contributed by atoms with Crippen molar-refractivity contribution in [3.05, 3.63) is 70.8 Å². The van der Waals surface area contributed by atoms with Gasteiger partial charge in [-0.25, -0.2) is 0 Å². The topological polar surface area (TPSA) is 58.5 Å². The van der Waals surface area contributed by atoms with Crippen LogP contribution in [0, 0.1) is 13.8 Å². The number of benzene rings is 2. The van der Waals surface area contributed by atoms with Gasteiger partial charge in [0.2, 0.25) is 0 Å². The molecule has 2 aromatic carbocycles. The molecule has 31 heavy (non-hydrogen) atoms. The first-order chi connectivity index (χ1) is 15.1. The summed E-state index contributed by atoms with van der Waals surface area (Å²) in [6, 6.07) is 12.2. The fourth-order valence-corrected chi connectivity index (χ4v) is 2.92. The fourth-order valence-electron chi connectivity index (χ4n) is 2.92. The smallest absolute Gasteiger partial charge is 0.125 e. The van der Waals surface area contributed by atoms with Gasteiger partial charge in [-0.2, -0.15) is 0 Å². The highest BCUT2D eigenvalue weighted by Gasteiger charge is 2.07. The first-order valence-corrected chi connectivity index (χ1v) is 10.4. The van der Waals surface area contributed by atoms with Gasteiger partial charge in [0.15, 0.2) is 0 Å². The van der Waals surface area contributed by atoms with E-state index in [0.29, 0.717) is 39.6 Å². The molecule has 0 aliphatic heterocycles. The van der Waals surface area contributed by atoms with Gasteiger partial charge in [0, 0.05) is 0 Å². The summed E-state index contributed by atoms with van der Waals surface area (Å²) in [5, 5.41) is 3.63. The largest absolute Gasteiger partial charge is 0.491 e. The maximum atomic E-state index is 5.95. The second kappa shape index (κ2) is 14.2. The van der Waals surface area contributed by atoms with E-state index in [1.807, 2.05) is 69.3 Å². The minimum absolute atomic E-state index is 0.420. The molecular formula is C25H33NO5. The summed E-state index contributed by atoms with van der Waals surface area (Å²) in [6.07, 6.45) is 5.54. The maximum Gasteiger partial charge on any atom is 0.125 e. The van der Waals surface area contributed by atoms with E-state index >= 15 is 0 Å². The number of rotatable bonds is 14. The number of ether oxygens (including phenoxy) is 4. The molecule has 0 unspecified atom stereocenters. The summed E-state index contributed by atoms with van der Waals surface area (Å²) in [5.41, 5.74) is 4.32. The second-order valence-corrected chi connectivity index (χ2v) is 6.97. The highest BCUT2D eigenvalue weighted by atomic mass is 16.6. The molecule has 168 valence electrons. The molecule has 2 rings (SSSR count). The minimum atomic E-state index is 0.420. The molecule has 0 radical (unpaired) electrons. The van der Waals surface area contributed by atoms with Gasteiger partial charge < -0.3 is 23.8 Å². The van der Waals surface area contributed by atoms with Crippen LogP contribution in [-0.4, -0.2) is 39.8 Å². The quantitative estimate of drug-likeness (QED) is 0.184. The number of hydrogen-bond donors (Lipinski definition) is 0. The predicted molar refractivity (Wildman–Crippen MR) is 123 cm³/mol. The molecule has 0 atom stereocenters. The lowest BCUT2D eigenvalue weighted by Gasteiger charge is -2.14. The van der Waals surface area contributed by atoms with Crippen LogP contribution in [0.4, 0.5) is 0 Å². The Morgan fingerprint density at radius 2 is 1.48 bits per heavy atom. The number of oxime groups is 1. The van der Waals surface area contributed by atoms with Crippen LogP contribution in [0.1, 0.15) is 29.2 Å². The van der Waals surface area contributed by atoms with Gasteiger partial charge in [0.05, 0.1) is 32.6 Å². The van der Waals surface area contributed by atoms with Crippen molar-refractivity contribution in [3.8, 4) is 11.5 Å². The summed E-state index contributed by atoms with van der Waals surface area (Å²) in [6.45, 7) is 9.11. The van der Waals surface area contributed by atoms with Gasteiger partial charge in [-0.15, -0.1) is 0 Å². The van der Waals surface area contributed by atoms with Gasteiger partial charge in [0.25, 0.3) is 0 Å². The lowest BCUT2D eigenvalue weighted by molar-refractivity contribution is 0.0884. The summed E-state index contributed by atoms with van der Waals surface area (Å²) in [7, 11) is 1.51. The molecule has 6 heteroatoms. The zero-order chi connectivity index (χ0) is 22.3. The van der Waals surface area contributed by atoms with Crippen LogP contribution in [0.2, 0.25) is 0 Å². The molecule has 0 fully saturated rings. The number of hydrogen-bond acceptors (Lipinski definition) is 6. The van der Waals surface area contributed by atoms with Crippen molar-refractivity contribution in [1.82, 2.24) is 0 Å². The van der Waals surface area contributed by atoms with Gasteiger partial charge in [0.1, 0.15) is 31.8 Å². The van der Waals surface area contributed by atoms with E-state index < -0.39 is 0 Å². The molecule has 0 amide bonds. The summed E-state index contributed by atoms with van der Waals surface area (Å²) >= 11 is 0. The lowest BCUT2D eigenvalue weighted by atomic mass is 10.1. The molecule has 0 bridgehead atoms. The molecule has 2 aromatic rings. The highest BCUT2D eigenvalue weighted by molar-refractivity contribution is 5.57. The fraction of sp³-hybridized carbons (Fsp3) is 0.400. The minimum Gasteiger partial charge on any atom is -0.491 e. The predicted octanol–water partition coefficient (Wildman–Crippen LogP) is 5.00. The van der Waals surface area contributed by atoms with E-state index in [4.69, 9.17) is 18.9 Å². The van der Waals surface area contributed by atoms with Crippen LogP contribution < -0.4 is 9.47 Å². The maximum absolute atomic E-state index is 5.95. The van der Waals surface area contributed by atoms with Crippen LogP contribution in [0.5, 0.6) is 11.5 Å². The molecule has 0 aromatic heterocycles. The van der Waals surface area contributed by atoms with E-state index in [1.54, 1.807) is 6.21 Å². The molecule has 0 aliphatic rings. The van der Waals surface area contributed by atoms with Crippen LogP contribution in [-0.2, 0) is 27.5 Å². The molecule has 0 aliphatic carbocycles. The van der Waals surface area contributed by atoms with Gasteiger partial charge in [-0.1, -0.05) is 41.6 Å². The summed E-state index contributed by atoms with van der Waals surface area (Å²) in [4.78, 5) is 4.58. The molecule has 0 N–H and O–H groups in total. The molecule has 0 saturated carbocycles. The van der Waals surface area contributed by atoms with Crippen molar-refractivity contribution in [1.29, 1.82) is 0 Å². The Bertz CT molecular complexity index is 807. The third kappa shape index (κ3) is 9.24. The van der Waals surface area contributed by atoms with Gasteiger partial charge in [-0.05, 0) is 55.2 Å². The molecule has 0 heterocycles. The third-order valence-corrected chi connectivity index (χ3v) is 4.42. The first kappa shape index (κ1) is 24.4. The van der Waals surface area contributed by atoms with Crippen molar-refractivity contribution in [2.24, 2.45) is 5.16 Å². The second-order valence-electron chi connectivity index (χ2n) is 6.97.